The number of aliphatic hydroxyl groups is 1. The van der Waals surface area contributed by atoms with Gasteiger partial charge < -0.3 is 10.8 Å². The quantitative estimate of drug-likeness (QED) is 0.898. The van der Waals surface area contributed by atoms with Crippen LogP contribution in [0.15, 0.2) is 22.7 Å². The summed E-state index contributed by atoms with van der Waals surface area (Å²) in [6.45, 7) is 2.33. The Balaban J connectivity index is 2.49. The van der Waals surface area contributed by atoms with Gasteiger partial charge in [0.2, 0.25) is 0 Å². The van der Waals surface area contributed by atoms with E-state index in [1.165, 1.54) is 15.6 Å². The van der Waals surface area contributed by atoms with E-state index in [4.69, 9.17) is 5.73 Å². The number of benzene rings is 1. The molecule has 2 unspecified atom stereocenters. The standard InChI is InChI=1S/C14H20BrNO/c1-2-13(16)14(8-9-17)7-6-10-11(14)4-3-5-12(10)15/h3-5,13,17H,2,6-9,16H2,1H3. The largest absolute Gasteiger partial charge is 0.396 e. The summed E-state index contributed by atoms with van der Waals surface area (Å²) in [6.07, 6.45) is 3.84. The summed E-state index contributed by atoms with van der Waals surface area (Å²) in [5.74, 6) is 0. The predicted octanol–water partition coefficient (Wildman–Crippen LogP) is 2.75. The molecule has 2 nitrogen and oxygen atoms in total. The van der Waals surface area contributed by atoms with Crippen LogP contribution in [0.5, 0.6) is 0 Å². The molecule has 1 aromatic rings. The van der Waals surface area contributed by atoms with Crippen LogP contribution in [0.2, 0.25) is 0 Å². The second kappa shape index (κ2) is 5.09. The normalized spacial score (nSPS) is 24.7. The van der Waals surface area contributed by atoms with Crippen molar-refractivity contribution in [2.75, 3.05) is 6.61 Å². The first-order valence-corrected chi connectivity index (χ1v) is 7.09. The first kappa shape index (κ1) is 13.1. The van der Waals surface area contributed by atoms with Crippen LogP contribution in [-0.2, 0) is 11.8 Å². The molecule has 0 saturated carbocycles. The molecule has 2 atom stereocenters. The van der Waals surface area contributed by atoms with E-state index in [9.17, 15) is 5.11 Å². The van der Waals surface area contributed by atoms with Gasteiger partial charge in [0.1, 0.15) is 0 Å². The van der Waals surface area contributed by atoms with Crippen molar-refractivity contribution < 1.29 is 5.11 Å². The van der Waals surface area contributed by atoms with Gasteiger partial charge in [0.05, 0.1) is 0 Å². The zero-order chi connectivity index (χ0) is 12.5. The molecule has 2 rings (SSSR count). The molecule has 17 heavy (non-hydrogen) atoms. The third-order valence-electron chi connectivity index (χ3n) is 4.18. The number of aliphatic hydroxyl groups excluding tert-OH is 1. The Kier molecular flexibility index (Phi) is 3.91. The zero-order valence-electron chi connectivity index (χ0n) is 10.2. The second-order valence-electron chi connectivity index (χ2n) is 4.91. The van der Waals surface area contributed by atoms with E-state index in [1.807, 2.05) is 0 Å². The molecule has 3 N–H and O–H groups in total. The summed E-state index contributed by atoms with van der Waals surface area (Å²) >= 11 is 3.62. The van der Waals surface area contributed by atoms with Gasteiger partial charge in [-0.3, -0.25) is 0 Å². The number of fused-ring (bicyclic) bond motifs is 1. The monoisotopic (exact) mass is 297 g/mol. The highest BCUT2D eigenvalue weighted by molar-refractivity contribution is 9.10. The van der Waals surface area contributed by atoms with Crippen LogP contribution in [0, 0.1) is 0 Å². The lowest BCUT2D eigenvalue weighted by Gasteiger charge is -2.35. The topological polar surface area (TPSA) is 46.2 Å². The van der Waals surface area contributed by atoms with Crippen molar-refractivity contribution in [3.63, 3.8) is 0 Å². The first-order chi connectivity index (χ1) is 8.15. The Morgan fingerprint density at radius 3 is 2.94 bits per heavy atom. The minimum Gasteiger partial charge on any atom is -0.396 e. The fraction of sp³-hybridized carbons (Fsp3) is 0.571. The van der Waals surface area contributed by atoms with Crippen molar-refractivity contribution in [3.8, 4) is 0 Å². The maximum Gasteiger partial charge on any atom is 0.0440 e. The summed E-state index contributed by atoms with van der Waals surface area (Å²) < 4.78 is 1.18. The average Bonchev–Trinajstić information content (AvgIpc) is 2.71. The van der Waals surface area contributed by atoms with Crippen LogP contribution < -0.4 is 5.73 Å². The van der Waals surface area contributed by atoms with Crippen LogP contribution in [0.4, 0.5) is 0 Å². The molecular weight excluding hydrogens is 278 g/mol. The van der Waals surface area contributed by atoms with E-state index in [0.717, 1.165) is 25.7 Å². The van der Waals surface area contributed by atoms with Gasteiger partial charge in [-0.05, 0) is 42.9 Å². The van der Waals surface area contributed by atoms with E-state index in [0.29, 0.717) is 0 Å². The minimum absolute atomic E-state index is 0.0252. The molecule has 1 aliphatic carbocycles. The van der Waals surface area contributed by atoms with Crippen LogP contribution in [0.1, 0.15) is 37.3 Å². The van der Waals surface area contributed by atoms with E-state index in [-0.39, 0.29) is 18.1 Å². The van der Waals surface area contributed by atoms with Gasteiger partial charge in [-0.1, -0.05) is 35.0 Å². The van der Waals surface area contributed by atoms with Crippen molar-refractivity contribution in [2.24, 2.45) is 5.73 Å². The van der Waals surface area contributed by atoms with Gasteiger partial charge in [0.25, 0.3) is 0 Å². The number of halogens is 1. The van der Waals surface area contributed by atoms with Gasteiger partial charge in [-0.2, -0.15) is 0 Å². The molecule has 0 aliphatic heterocycles. The molecule has 0 bridgehead atoms. The van der Waals surface area contributed by atoms with Crippen molar-refractivity contribution in [1.82, 2.24) is 0 Å². The maximum atomic E-state index is 9.36. The highest BCUT2D eigenvalue weighted by Gasteiger charge is 2.42. The van der Waals surface area contributed by atoms with Crippen molar-refractivity contribution in [3.05, 3.63) is 33.8 Å². The van der Waals surface area contributed by atoms with Gasteiger partial charge in [-0.25, -0.2) is 0 Å². The molecule has 0 radical (unpaired) electrons. The van der Waals surface area contributed by atoms with Crippen LogP contribution in [-0.4, -0.2) is 17.8 Å². The highest BCUT2D eigenvalue weighted by atomic mass is 79.9. The Labute approximate surface area is 111 Å². The second-order valence-corrected chi connectivity index (χ2v) is 5.76. The summed E-state index contributed by atoms with van der Waals surface area (Å²) in [5.41, 5.74) is 9.03. The Morgan fingerprint density at radius 1 is 1.53 bits per heavy atom. The lowest BCUT2D eigenvalue weighted by Crippen LogP contribution is -2.44. The molecule has 0 spiro atoms. The molecule has 0 saturated heterocycles. The summed E-state index contributed by atoms with van der Waals surface area (Å²) in [7, 11) is 0. The molecule has 3 heteroatoms. The van der Waals surface area contributed by atoms with Crippen molar-refractivity contribution >= 4 is 15.9 Å². The molecule has 0 heterocycles. The number of nitrogens with two attached hydrogens (primary N) is 1. The molecule has 0 aromatic heterocycles. The van der Waals surface area contributed by atoms with Gasteiger partial charge >= 0.3 is 0 Å². The predicted molar refractivity (Wildman–Crippen MR) is 74.1 cm³/mol. The smallest absolute Gasteiger partial charge is 0.0440 e. The Morgan fingerprint density at radius 2 is 2.29 bits per heavy atom. The van der Waals surface area contributed by atoms with Crippen LogP contribution >= 0.6 is 15.9 Å². The van der Waals surface area contributed by atoms with E-state index >= 15 is 0 Å². The van der Waals surface area contributed by atoms with E-state index in [2.05, 4.69) is 41.1 Å². The summed E-state index contributed by atoms with van der Waals surface area (Å²) in [5, 5.41) is 9.36. The number of hydrogen-bond acceptors (Lipinski definition) is 2. The third-order valence-corrected chi connectivity index (χ3v) is 4.93. The SMILES string of the molecule is CCC(N)C1(CCO)CCc2c(Br)cccc21. The summed E-state index contributed by atoms with van der Waals surface area (Å²) in [6, 6.07) is 6.47. The highest BCUT2D eigenvalue weighted by Crippen LogP contribution is 2.46. The Bertz CT molecular complexity index is 407. The lowest BCUT2D eigenvalue weighted by molar-refractivity contribution is 0.211. The minimum atomic E-state index is -0.0252. The first-order valence-electron chi connectivity index (χ1n) is 6.30. The summed E-state index contributed by atoms with van der Waals surface area (Å²) in [4.78, 5) is 0. The van der Waals surface area contributed by atoms with E-state index in [1.54, 1.807) is 0 Å². The fourth-order valence-corrected chi connectivity index (χ4v) is 3.75. The third kappa shape index (κ3) is 2.05. The molecule has 94 valence electrons. The fourth-order valence-electron chi connectivity index (χ4n) is 3.18. The van der Waals surface area contributed by atoms with Crippen molar-refractivity contribution in [1.29, 1.82) is 0 Å². The molecule has 0 fully saturated rings. The van der Waals surface area contributed by atoms with Gasteiger partial charge in [-0.15, -0.1) is 0 Å². The molecule has 0 amide bonds. The van der Waals surface area contributed by atoms with Gasteiger partial charge in [0, 0.05) is 22.5 Å². The zero-order valence-corrected chi connectivity index (χ0v) is 11.8. The average molecular weight is 298 g/mol. The van der Waals surface area contributed by atoms with Crippen molar-refractivity contribution in [2.45, 2.75) is 44.1 Å². The number of hydrogen-bond donors (Lipinski definition) is 2. The van der Waals surface area contributed by atoms with E-state index < -0.39 is 0 Å². The van der Waals surface area contributed by atoms with Gasteiger partial charge in [0.15, 0.2) is 0 Å². The number of rotatable bonds is 4. The molecule has 1 aliphatic rings. The Hall–Kier alpha value is -0.380. The molecule has 1 aromatic carbocycles. The molecular formula is C14H20BrNO. The maximum absolute atomic E-state index is 9.36. The van der Waals surface area contributed by atoms with Crippen LogP contribution in [0.25, 0.3) is 0 Å². The lowest BCUT2D eigenvalue weighted by atomic mass is 9.72. The van der Waals surface area contributed by atoms with Crippen LogP contribution in [0.3, 0.4) is 0 Å².